The first kappa shape index (κ1) is 14.1. The fourth-order valence-corrected chi connectivity index (χ4v) is 3.26. The second-order valence-corrected chi connectivity index (χ2v) is 6.11. The highest BCUT2D eigenvalue weighted by molar-refractivity contribution is 7.03. The van der Waals surface area contributed by atoms with Crippen LogP contribution < -0.4 is 5.32 Å². The molecule has 0 unspecified atom stereocenters. The molecular weight excluding hydrogens is 310 g/mol. The molecule has 6 nitrogen and oxygen atoms in total. The van der Waals surface area contributed by atoms with E-state index in [1.807, 2.05) is 30.5 Å². The molecule has 0 saturated heterocycles. The predicted molar refractivity (Wildman–Crippen MR) is 88.5 cm³/mol. The summed E-state index contributed by atoms with van der Waals surface area (Å²) in [7, 11) is 0. The molecule has 0 radical (unpaired) electrons. The molecular formula is C16H15N5OS. The van der Waals surface area contributed by atoms with E-state index in [-0.39, 0.29) is 5.91 Å². The maximum atomic E-state index is 12.0. The minimum atomic E-state index is -0.246. The van der Waals surface area contributed by atoms with Gasteiger partial charge in [-0.2, -0.15) is 0 Å². The van der Waals surface area contributed by atoms with Crippen molar-refractivity contribution in [3.8, 4) is 11.4 Å². The zero-order valence-electron chi connectivity index (χ0n) is 12.4. The van der Waals surface area contributed by atoms with Crippen molar-refractivity contribution < 1.29 is 4.79 Å². The zero-order valence-corrected chi connectivity index (χ0v) is 13.2. The number of hydrogen-bond acceptors (Lipinski definition) is 5. The molecule has 0 saturated carbocycles. The van der Waals surface area contributed by atoms with Gasteiger partial charge in [0.2, 0.25) is 0 Å². The van der Waals surface area contributed by atoms with Gasteiger partial charge in [0.15, 0.2) is 5.69 Å². The van der Waals surface area contributed by atoms with Gasteiger partial charge < -0.3 is 9.88 Å². The second-order valence-electron chi connectivity index (χ2n) is 5.50. The van der Waals surface area contributed by atoms with Crippen LogP contribution in [-0.4, -0.2) is 25.0 Å². The maximum absolute atomic E-state index is 12.0. The fourth-order valence-electron chi connectivity index (χ4n) is 2.83. The van der Waals surface area contributed by atoms with Gasteiger partial charge in [0, 0.05) is 35.1 Å². The van der Waals surface area contributed by atoms with Crippen LogP contribution in [0.1, 0.15) is 29.0 Å². The Kier molecular flexibility index (Phi) is 3.63. The molecule has 1 aromatic carbocycles. The lowest BCUT2D eigenvalue weighted by molar-refractivity contribution is 0.102. The van der Waals surface area contributed by atoms with E-state index in [1.165, 1.54) is 18.5 Å². The smallest absolute Gasteiger partial charge is 0.277 e. The lowest BCUT2D eigenvalue weighted by atomic mass is 10.1. The number of fused-ring (bicyclic) bond motifs is 1. The minimum absolute atomic E-state index is 0.246. The summed E-state index contributed by atoms with van der Waals surface area (Å²) in [6.45, 7) is 1.03. The number of carbonyl (C=O) groups is 1. The first-order valence-corrected chi connectivity index (χ1v) is 8.38. The molecule has 0 aliphatic carbocycles. The van der Waals surface area contributed by atoms with Gasteiger partial charge in [0.25, 0.3) is 5.91 Å². The van der Waals surface area contributed by atoms with E-state index in [1.54, 1.807) is 5.38 Å². The van der Waals surface area contributed by atoms with E-state index in [0.717, 1.165) is 41.6 Å². The van der Waals surface area contributed by atoms with Gasteiger partial charge in [-0.25, -0.2) is 4.98 Å². The minimum Gasteiger partial charge on any atom is -0.328 e. The molecule has 0 spiro atoms. The SMILES string of the molecule is O=C(Nc1ccc(-c2ncc3n2CCCC3)cc1)c1csnn1. The summed E-state index contributed by atoms with van der Waals surface area (Å²) in [5.41, 5.74) is 3.43. The van der Waals surface area contributed by atoms with Crippen LogP contribution >= 0.6 is 11.5 Å². The van der Waals surface area contributed by atoms with Gasteiger partial charge in [-0.1, -0.05) is 4.49 Å². The molecule has 4 rings (SSSR count). The molecule has 1 aliphatic heterocycles. The maximum Gasteiger partial charge on any atom is 0.277 e. The molecule has 0 bridgehead atoms. The number of imidazole rings is 1. The van der Waals surface area contributed by atoms with Gasteiger partial charge in [-0.05, 0) is 55.1 Å². The monoisotopic (exact) mass is 325 g/mol. The van der Waals surface area contributed by atoms with Gasteiger partial charge >= 0.3 is 0 Å². The molecule has 116 valence electrons. The Balaban J connectivity index is 1.54. The number of carbonyl (C=O) groups excluding carboxylic acids is 1. The van der Waals surface area contributed by atoms with Crippen molar-refractivity contribution in [2.24, 2.45) is 0 Å². The van der Waals surface area contributed by atoms with Crippen LogP contribution in [0.15, 0.2) is 35.8 Å². The number of aryl methyl sites for hydroxylation is 1. The largest absolute Gasteiger partial charge is 0.328 e. The van der Waals surface area contributed by atoms with Gasteiger partial charge in [-0.3, -0.25) is 4.79 Å². The average molecular weight is 325 g/mol. The summed E-state index contributed by atoms with van der Waals surface area (Å²) < 4.78 is 5.98. The highest BCUT2D eigenvalue weighted by Gasteiger charge is 2.15. The number of nitrogens with zero attached hydrogens (tertiary/aromatic N) is 4. The van der Waals surface area contributed by atoms with E-state index in [4.69, 9.17) is 0 Å². The predicted octanol–water partition coefficient (Wildman–Crippen LogP) is 2.99. The van der Waals surface area contributed by atoms with Crippen LogP contribution in [0, 0.1) is 0 Å². The number of amides is 1. The summed E-state index contributed by atoms with van der Waals surface area (Å²) in [4.78, 5) is 16.5. The lowest BCUT2D eigenvalue weighted by Gasteiger charge is -2.16. The third-order valence-electron chi connectivity index (χ3n) is 4.00. The molecule has 1 amide bonds. The van der Waals surface area contributed by atoms with Crippen molar-refractivity contribution in [3.05, 3.63) is 47.2 Å². The number of benzene rings is 1. The molecule has 2 aromatic heterocycles. The highest BCUT2D eigenvalue weighted by Crippen LogP contribution is 2.25. The Morgan fingerprint density at radius 1 is 1.22 bits per heavy atom. The third-order valence-corrected chi connectivity index (χ3v) is 4.50. The number of nitrogens with one attached hydrogen (secondary N) is 1. The summed E-state index contributed by atoms with van der Waals surface area (Å²) in [5.74, 6) is 0.756. The standard InChI is InChI=1S/C16H15N5OS/c22-16(14-10-23-20-19-14)18-12-6-4-11(5-7-12)15-17-9-13-3-1-2-8-21(13)15/h4-7,9-10H,1-3,8H2,(H,18,22). The van der Waals surface area contributed by atoms with Crippen molar-refractivity contribution >= 4 is 23.1 Å². The summed E-state index contributed by atoms with van der Waals surface area (Å²) in [6, 6.07) is 7.74. The van der Waals surface area contributed by atoms with Crippen LogP contribution in [0.5, 0.6) is 0 Å². The number of anilines is 1. The molecule has 0 atom stereocenters. The van der Waals surface area contributed by atoms with E-state index in [2.05, 4.69) is 24.5 Å². The van der Waals surface area contributed by atoms with Crippen LogP contribution in [-0.2, 0) is 13.0 Å². The Labute approximate surface area is 137 Å². The van der Waals surface area contributed by atoms with Crippen LogP contribution in [0.4, 0.5) is 5.69 Å². The normalized spacial score (nSPS) is 13.6. The molecule has 3 aromatic rings. The molecule has 3 heterocycles. The van der Waals surface area contributed by atoms with Crippen molar-refractivity contribution in [1.82, 2.24) is 19.1 Å². The van der Waals surface area contributed by atoms with Crippen LogP contribution in [0.3, 0.4) is 0 Å². The van der Waals surface area contributed by atoms with Crippen LogP contribution in [0.25, 0.3) is 11.4 Å². The van der Waals surface area contributed by atoms with Crippen LogP contribution in [0.2, 0.25) is 0 Å². The Morgan fingerprint density at radius 3 is 2.87 bits per heavy atom. The van der Waals surface area contributed by atoms with E-state index in [0.29, 0.717) is 5.69 Å². The average Bonchev–Trinajstić information content (AvgIpc) is 3.25. The van der Waals surface area contributed by atoms with Gasteiger partial charge in [0.05, 0.1) is 0 Å². The van der Waals surface area contributed by atoms with Crippen molar-refractivity contribution in [2.75, 3.05) is 5.32 Å². The summed E-state index contributed by atoms with van der Waals surface area (Å²) in [5, 5.41) is 8.20. The van der Waals surface area contributed by atoms with Crippen molar-refractivity contribution in [2.45, 2.75) is 25.8 Å². The number of aromatic nitrogens is 4. The molecule has 1 aliphatic rings. The summed E-state index contributed by atoms with van der Waals surface area (Å²) in [6.07, 6.45) is 5.51. The molecule has 1 N–H and O–H groups in total. The summed E-state index contributed by atoms with van der Waals surface area (Å²) >= 11 is 1.16. The topological polar surface area (TPSA) is 72.7 Å². The highest BCUT2D eigenvalue weighted by atomic mass is 32.1. The molecule has 7 heteroatoms. The molecule has 23 heavy (non-hydrogen) atoms. The Morgan fingerprint density at radius 2 is 2.09 bits per heavy atom. The van der Waals surface area contributed by atoms with Crippen molar-refractivity contribution in [3.63, 3.8) is 0 Å². The third kappa shape index (κ3) is 2.75. The molecule has 0 fully saturated rings. The zero-order chi connectivity index (χ0) is 15.6. The van der Waals surface area contributed by atoms with Gasteiger partial charge in [0.1, 0.15) is 5.82 Å². The van der Waals surface area contributed by atoms with E-state index >= 15 is 0 Å². The quantitative estimate of drug-likeness (QED) is 0.803. The Bertz CT molecular complexity index is 823. The first-order chi connectivity index (χ1) is 11.3. The van der Waals surface area contributed by atoms with E-state index in [9.17, 15) is 4.79 Å². The fraction of sp³-hybridized carbons (Fsp3) is 0.250. The van der Waals surface area contributed by atoms with E-state index < -0.39 is 0 Å². The number of rotatable bonds is 3. The van der Waals surface area contributed by atoms with Crippen molar-refractivity contribution in [1.29, 1.82) is 0 Å². The second kappa shape index (κ2) is 5.92. The first-order valence-electron chi connectivity index (χ1n) is 7.54. The lowest BCUT2D eigenvalue weighted by Crippen LogP contribution is -2.12. The number of hydrogen-bond donors (Lipinski definition) is 1. The Hall–Kier alpha value is -2.54. The van der Waals surface area contributed by atoms with Gasteiger partial charge in [-0.15, -0.1) is 5.10 Å².